The highest BCUT2D eigenvalue weighted by Crippen LogP contribution is 2.30. The van der Waals surface area contributed by atoms with Crippen LogP contribution in [0.25, 0.3) is 0 Å². The molecular weight excluding hydrogens is 398 g/mol. The number of allylic oxidation sites excluding steroid dienone is 2. The van der Waals surface area contributed by atoms with Gasteiger partial charge in [-0.05, 0) is 29.8 Å². The first-order valence-electron chi connectivity index (χ1n) is 8.06. The van der Waals surface area contributed by atoms with Gasteiger partial charge in [-0.1, -0.05) is 6.07 Å². The van der Waals surface area contributed by atoms with Gasteiger partial charge in [-0.25, -0.2) is 13.2 Å². The third-order valence-corrected chi connectivity index (χ3v) is 5.04. The first-order valence-corrected chi connectivity index (χ1v) is 9.67. The monoisotopic (exact) mass is 414 g/mol. The number of sulfonamides is 1. The van der Waals surface area contributed by atoms with Crippen molar-refractivity contribution in [3.05, 3.63) is 47.7 Å². The SMILES string of the molecule is COc1cc(COC(=O)C2=CC=CN3CCS(=O)(=O)N=C23)ccc1OC(F)F. The van der Waals surface area contributed by atoms with Crippen molar-refractivity contribution in [2.24, 2.45) is 4.40 Å². The molecule has 0 fully saturated rings. The summed E-state index contributed by atoms with van der Waals surface area (Å²) >= 11 is 0. The number of alkyl halides is 2. The molecule has 0 bridgehead atoms. The van der Waals surface area contributed by atoms with E-state index in [4.69, 9.17) is 9.47 Å². The molecule has 0 unspecified atom stereocenters. The number of carbonyl (C=O) groups is 1. The molecule has 0 aliphatic carbocycles. The van der Waals surface area contributed by atoms with E-state index in [0.717, 1.165) is 0 Å². The lowest BCUT2D eigenvalue weighted by Crippen LogP contribution is -2.40. The van der Waals surface area contributed by atoms with Crippen molar-refractivity contribution >= 4 is 21.8 Å². The van der Waals surface area contributed by atoms with Crippen LogP contribution < -0.4 is 9.47 Å². The Morgan fingerprint density at radius 1 is 1.32 bits per heavy atom. The lowest BCUT2D eigenvalue weighted by Gasteiger charge is -2.28. The van der Waals surface area contributed by atoms with E-state index in [-0.39, 0.29) is 41.8 Å². The lowest BCUT2D eigenvalue weighted by molar-refractivity contribution is -0.139. The van der Waals surface area contributed by atoms with Gasteiger partial charge in [0.1, 0.15) is 12.2 Å². The minimum atomic E-state index is -3.64. The van der Waals surface area contributed by atoms with Gasteiger partial charge < -0.3 is 19.1 Å². The minimum absolute atomic E-state index is 0.00962. The quantitative estimate of drug-likeness (QED) is 0.656. The summed E-state index contributed by atoms with van der Waals surface area (Å²) in [6.45, 7) is -3.00. The smallest absolute Gasteiger partial charge is 0.387 e. The highest BCUT2D eigenvalue weighted by molar-refractivity contribution is 7.90. The number of esters is 1. The molecule has 0 radical (unpaired) electrons. The summed E-state index contributed by atoms with van der Waals surface area (Å²) in [6, 6.07) is 4.11. The molecular formula is C17H16F2N2O6S. The number of fused-ring (bicyclic) bond motifs is 1. The van der Waals surface area contributed by atoms with Gasteiger partial charge in [-0.2, -0.15) is 8.78 Å². The standard InChI is InChI=1S/C17H16F2N2O6S/c1-25-14-9-11(4-5-13(14)27-17(18)19)10-26-16(22)12-3-2-6-21-7-8-28(23,24)20-15(12)21/h2-6,9,17H,7-8,10H2,1H3. The highest BCUT2D eigenvalue weighted by Gasteiger charge is 2.30. The van der Waals surface area contributed by atoms with Crippen molar-refractivity contribution in [2.45, 2.75) is 13.2 Å². The fourth-order valence-electron chi connectivity index (χ4n) is 2.60. The number of amidine groups is 1. The third-order valence-electron chi connectivity index (χ3n) is 3.89. The highest BCUT2D eigenvalue weighted by atomic mass is 32.2. The third kappa shape index (κ3) is 4.47. The molecule has 0 saturated carbocycles. The van der Waals surface area contributed by atoms with Crippen LogP contribution in [0, 0.1) is 0 Å². The van der Waals surface area contributed by atoms with Gasteiger partial charge in [-0.15, -0.1) is 4.40 Å². The molecule has 8 nitrogen and oxygen atoms in total. The first-order chi connectivity index (χ1) is 13.3. The largest absolute Gasteiger partial charge is 0.493 e. The van der Waals surface area contributed by atoms with Crippen LogP contribution >= 0.6 is 0 Å². The van der Waals surface area contributed by atoms with Gasteiger partial charge in [0.05, 0.1) is 12.9 Å². The maximum Gasteiger partial charge on any atom is 0.387 e. The molecule has 0 spiro atoms. The summed E-state index contributed by atoms with van der Waals surface area (Å²) in [5.74, 6) is -0.988. The van der Waals surface area contributed by atoms with Crippen LogP contribution in [0.15, 0.2) is 46.5 Å². The average Bonchev–Trinajstić information content (AvgIpc) is 2.65. The van der Waals surface area contributed by atoms with E-state index in [1.807, 2.05) is 0 Å². The maximum atomic E-state index is 12.4. The Morgan fingerprint density at radius 3 is 2.82 bits per heavy atom. The van der Waals surface area contributed by atoms with Crippen LogP contribution in [-0.2, 0) is 26.2 Å². The number of methoxy groups -OCH3 is 1. The summed E-state index contributed by atoms with van der Waals surface area (Å²) in [4.78, 5) is 14.0. The maximum absolute atomic E-state index is 12.4. The van der Waals surface area contributed by atoms with Gasteiger partial charge in [0.25, 0.3) is 10.0 Å². The van der Waals surface area contributed by atoms with Crippen molar-refractivity contribution < 1.29 is 36.2 Å². The molecule has 11 heteroatoms. The fourth-order valence-corrected chi connectivity index (χ4v) is 3.58. The number of benzene rings is 1. The van der Waals surface area contributed by atoms with Crippen molar-refractivity contribution in [3.8, 4) is 11.5 Å². The molecule has 150 valence electrons. The molecule has 3 rings (SSSR count). The Bertz CT molecular complexity index is 972. The van der Waals surface area contributed by atoms with Crippen molar-refractivity contribution in [3.63, 3.8) is 0 Å². The molecule has 2 heterocycles. The van der Waals surface area contributed by atoms with E-state index < -0.39 is 22.6 Å². The van der Waals surface area contributed by atoms with Crippen LogP contribution in [0.1, 0.15) is 5.56 Å². The Hall–Kier alpha value is -2.95. The van der Waals surface area contributed by atoms with Gasteiger partial charge >= 0.3 is 12.6 Å². The zero-order valence-electron chi connectivity index (χ0n) is 14.7. The van der Waals surface area contributed by atoms with Gasteiger partial charge in [0, 0.05) is 12.7 Å². The summed E-state index contributed by atoms with van der Waals surface area (Å²) < 4.78 is 66.4. The topological polar surface area (TPSA) is 94.5 Å². The Balaban J connectivity index is 1.73. The Labute approximate surface area is 159 Å². The predicted octanol–water partition coefficient (Wildman–Crippen LogP) is 1.84. The summed E-state index contributed by atoms with van der Waals surface area (Å²) in [5.41, 5.74) is 0.476. The Morgan fingerprint density at radius 2 is 2.11 bits per heavy atom. The number of rotatable bonds is 6. The number of hydrogen-bond donors (Lipinski definition) is 0. The van der Waals surface area contributed by atoms with Crippen LogP contribution in [0.2, 0.25) is 0 Å². The molecule has 28 heavy (non-hydrogen) atoms. The zero-order valence-corrected chi connectivity index (χ0v) is 15.5. The number of hydrogen-bond acceptors (Lipinski definition) is 7. The molecule has 2 aliphatic rings. The van der Waals surface area contributed by atoms with Crippen LogP contribution in [-0.4, -0.2) is 51.1 Å². The summed E-state index contributed by atoms with van der Waals surface area (Å²) in [5, 5.41) is 0. The lowest BCUT2D eigenvalue weighted by atomic mass is 10.1. The minimum Gasteiger partial charge on any atom is -0.493 e. The normalized spacial score (nSPS) is 17.5. The van der Waals surface area contributed by atoms with Crippen molar-refractivity contribution in [2.75, 3.05) is 19.4 Å². The number of ether oxygens (including phenoxy) is 3. The van der Waals surface area contributed by atoms with E-state index >= 15 is 0 Å². The van der Waals surface area contributed by atoms with Crippen LogP contribution in [0.3, 0.4) is 0 Å². The summed E-state index contributed by atoms with van der Waals surface area (Å²) in [6.07, 6.45) is 4.63. The van der Waals surface area contributed by atoms with E-state index in [1.165, 1.54) is 31.4 Å². The second-order valence-electron chi connectivity index (χ2n) is 5.76. The fraction of sp³-hybridized carbons (Fsp3) is 0.294. The molecule has 1 aromatic rings. The number of nitrogens with zero attached hydrogens (tertiary/aromatic N) is 2. The van der Waals surface area contributed by atoms with E-state index in [9.17, 15) is 22.0 Å². The second-order valence-corrected chi connectivity index (χ2v) is 7.51. The molecule has 0 aromatic heterocycles. The molecule has 1 aromatic carbocycles. The number of halogens is 2. The van der Waals surface area contributed by atoms with Crippen molar-refractivity contribution in [1.29, 1.82) is 0 Å². The first kappa shape index (κ1) is 19.8. The molecule has 0 amide bonds. The van der Waals surface area contributed by atoms with Gasteiger partial charge in [0.15, 0.2) is 17.3 Å². The predicted molar refractivity (Wildman–Crippen MR) is 94.6 cm³/mol. The van der Waals surface area contributed by atoms with Crippen LogP contribution in [0.4, 0.5) is 8.78 Å². The average molecular weight is 414 g/mol. The van der Waals surface area contributed by atoms with Crippen LogP contribution in [0.5, 0.6) is 11.5 Å². The molecule has 0 atom stereocenters. The van der Waals surface area contributed by atoms with Gasteiger partial charge in [-0.3, -0.25) is 0 Å². The van der Waals surface area contributed by atoms with Gasteiger partial charge in [0.2, 0.25) is 0 Å². The zero-order chi connectivity index (χ0) is 20.3. The second kappa shape index (κ2) is 7.97. The number of carbonyl (C=O) groups excluding carboxylic acids is 1. The van der Waals surface area contributed by atoms with E-state index in [1.54, 1.807) is 17.2 Å². The Kier molecular flexibility index (Phi) is 5.63. The summed E-state index contributed by atoms with van der Waals surface area (Å²) in [7, 11) is -2.35. The molecule has 0 N–H and O–H groups in total. The van der Waals surface area contributed by atoms with E-state index in [0.29, 0.717) is 5.56 Å². The molecule has 2 aliphatic heterocycles. The molecule has 0 saturated heterocycles. The van der Waals surface area contributed by atoms with E-state index in [2.05, 4.69) is 9.13 Å². The van der Waals surface area contributed by atoms with Crippen molar-refractivity contribution in [1.82, 2.24) is 4.90 Å².